The average molecular weight is 410 g/mol. The molecule has 0 radical (unpaired) electrons. The average Bonchev–Trinajstić information content (AvgIpc) is 2.80. The van der Waals surface area contributed by atoms with Gasteiger partial charge in [-0.05, 0) is 23.3 Å². The number of hydrogen-bond donors (Lipinski definition) is 2. The Morgan fingerprint density at radius 2 is 1.68 bits per heavy atom. The maximum Gasteiger partial charge on any atom is 0.360 e. The van der Waals surface area contributed by atoms with Gasteiger partial charge in [0.05, 0.1) is 10.6 Å². The highest BCUT2D eigenvalue weighted by Gasteiger charge is 2.43. The van der Waals surface area contributed by atoms with Crippen molar-refractivity contribution in [3.8, 4) is 5.75 Å². The number of aliphatic hydroxyl groups is 1. The first-order valence-electron chi connectivity index (χ1n) is 9.81. The van der Waals surface area contributed by atoms with E-state index in [1.165, 1.54) is 0 Å². The zero-order valence-corrected chi connectivity index (χ0v) is 16.4. The second-order valence-electron chi connectivity index (χ2n) is 7.24. The Labute approximate surface area is 178 Å². The number of hydrogen-bond acceptors (Lipinski definition) is 5. The van der Waals surface area contributed by atoms with Crippen LogP contribution in [-0.2, 0) is 0 Å². The molecule has 2 heterocycles. The van der Waals surface area contributed by atoms with Crippen molar-refractivity contribution in [3.05, 3.63) is 129 Å². The second-order valence-corrected chi connectivity index (χ2v) is 7.24. The molecule has 1 unspecified atom stereocenters. The van der Waals surface area contributed by atoms with Crippen molar-refractivity contribution >= 4 is 17.3 Å². The van der Waals surface area contributed by atoms with E-state index in [1.807, 2.05) is 72.9 Å². The molecule has 3 aromatic rings. The van der Waals surface area contributed by atoms with E-state index < -0.39 is 16.8 Å². The fourth-order valence-corrected chi connectivity index (χ4v) is 4.17. The van der Waals surface area contributed by atoms with Crippen LogP contribution in [0.4, 0.5) is 0 Å². The number of nitrogens with one attached hydrogen (secondary N) is 1. The van der Waals surface area contributed by atoms with E-state index in [1.54, 1.807) is 18.2 Å². The summed E-state index contributed by atoms with van der Waals surface area (Å²) in [5.74, 6) is -1.14. The van der Waals surface area contributed by atoms with Crippen molar-refractivity contribution in [1.82, 2.24) is 5.32 Å². The zero-order chi connectivity index (χ0) is 21.4. The first-order chi connectivity index (χ1) is 15.1. The summed E-state index contributed by atoms with van der Waals surface area (Å²) in [4.78, 5) is 11.5. The van der Waals surface area contributed by atoms with Crippen LogP contribution in [0.5, 0.6) is 5.75 Å². The Morgan fingerprint density at radius 3 is 2.48 bits per heavy atom. The van der Waals surface area contributed by atoms with Gasteiger partial charge < -0.3 is 15.2 Å². The second kappa shape index (κ2) is 7.50. The fourth-order valence-electron chi connectivity index (χ4n) is 4.17. The molecule has 0 saturated heterocycles. The number of nitrogens with zero attached hydrogens (tertiary/aromatic N) is 1. The highest BCUT2D eigenvalue weighted by atomic mass is 16.6. The van der Waals surface area contributed by atoms with E-state index in [4.69, 9.17) is 4.74 Å². The molecule has 31 heavy (non-hydrogen) atoms. The van der Waals surface area contributed by atoms with Crippen molar-refractivity contribution in [2.75, 3.05) is 0 Å². The van der Waals surface area contributed by atoms with Gasteiger partial charge in [-0.1, -0.05) is 72.8 Å². The lowest BCUT2D eigenvalue weighted by Gasteiger charge is -2.29. The molecule has 2 N–H and O–H groups in total. The van der Waals surface area contributed by atoms with Crippen molar-refractivity contribution in [2.24, 2.45) is 0 Å². The molecule has 0 saturated carbocycles. The Hall–Kier alpha value is -4.32. The number of aliphatic hydroxyl groups excluding tert-OH is 1. The Bertz CT molecular complexity index is 1280. The summed E-state index contributed by atoms with van der Waals surface area (Å²) in [6.45, 7) is 0. The predicted molar refractivity (Wildman–Crippen MR) is 118 cm³/mol. The summed E-state index contributed by atoms with van der Waals surface area (Å²) in [5.41, 5.74) is 4.40. The van der Waals surface area contributed by atoms with Gasteiger partial charge in [-0.2, -0.15) is 0 Å². The SMILES string of the molecule is O=[N+]([O-])C1=C(O)Oc2ccccc2C1/C(=C1\NC=Cc2ccccc21)c1ccccc1. The minimum Gasteiger partial charge on any atom is -0.476 e. The standard InChI is InChI=1S/C25H18N2O4/c28-25-24(27(29)30)22(19-12-6-7-13-20(19)31-25)21(17-9-2-1-3-10-17)23-18-11-5-4-8-16(18)14-15-26-23/h1-15,22,26,28H/b23-21-. The number of rotatable bonds is 3. The Kier molecular flexibility index (Phi) is 4.52. The summed E-state index contributed by atoms with van der Waals surface area (Å²) in [6.07, 6.45) is 3.78. The van der Waals surface area contributed by atoms with E-state index >= 15 is 0 Å². The molecule has 0 aromatic heterocycles. The highest BCUT2D eigenvalue weighted by molar-refractivity contribution is 5.97. The van der Waals surface area contributed by atoms with E-state index in [0.717, 1.165) is 22.4 Å². The molecular formula is C25H18N2O4. The first kappa shape index (κ1) is 18.7. The number of fused-ring (bicyclic) bond motifs is 2. The summed E-state index contributed by atoms with van der Waals surface area (Å²) in [6, 6.07) is 24.4. The molecule has 2 aliphatic rings. The molecule has 0 fully saturated rings. The van der Waals surface area contributed by atoms with Crippen LogP contribution < -0.4 is 10.1 Å². The van der Waals surface area contributed by atoms with E-state index in [-0.39, 0.29) is 5.70 Å². The van der Waals surface area contributed by atoms with Gasteiger partial charge in [0.1, 0.15) is 11.7 Å². The van der Waals surface area contributed by atoms with Gasteiger partial charge in [-0.3, -0.25) is 10.1 Å². The lowest BCUT2D eigenvalue weighted by atomic mass is 9.80. The number of benzene rings is 3. The first-order valence-corrected chi connectivity index (χ1v) is 9.81. The molecule has 5 rings (SSSR count). The number of allylic oxidation sites excluding steroid dienone is 1. The van der Waals surface area contributed by atoms with Crippen LogP contribution in [0.15, 0.2) is 96.7 Å². The highest BCUT2D eigenvalue weighted by Crippen LogP contribution is 2.48. The van der Waals surface area contributed by atoms with Gasteiger partial charge in [-0.15, -0.1) is 0 Å². The van der Waals surface area contributed by atoms with Gasteiger partial charge in [0, 0.05) is 22.9 Å². The lowest BCUT2D eigenvalue weighted by molar-refractivity contribution is -0.434. The summed E-state index contributed by atoms with van der Waals surface area (Å²) in [5, 5.41) is 25.9. The third kappa shape index (κ3) is 3.14. The van der Waals surface area contributed by atoms with Crippen LogP contribution in [0.1, 0.15) is 28.2 Å². The third-order valence-electron chi connectivity index (χ3n) is 5.49. The molecule has 0 amide bonds. The van der Waals surface area contributed by atoms with Gasteiger partial charge in [-0.25, -0.2) is 0 Å². The molecule has 0 aliphatic carbocycles. The maximum atomic E-state index is 12.1. The normalized spacial score (nSPS) is 18.4. The van der Waals surface area contributed by atoms with Crippen LogP contribution in [0.3, 0.4) is 0 Å². The summed E-state index contributed by atoms with van der Waals surface area (Å²) in [7, 11) is 0. The summed E-state index contributed by atoms with van der Waals surface area (Å²) >= 11 is 0. The van der Waals surface area contributed by atoms with Crippen LogP contribution in [-0.4, -0.2) is 10.0 Å². The lowest BCUT2D eigenvalue weighted by Crippen LogP contribution is -2.24. The van der Waals surface area contributed by atoms with Crippen LogP contribution in [0.2, 0.25) is 0 Å². The number of para-hydroxylation sites is 1. The number of nitro groups is 1. The van der Waals surface area contributed by atoms with Crippen LogP contribution in [0, 0.1) is 10.1 Å². The van der Waals surface area contributed by atoms with Gasteiger partial charge in [0.25, 0.3) is 0 Å². The smallest absolute Gasteiger partial charge is 0.360 e. The van der Waals surface area contributed by atoms with Gasteiger partial charge in [0.2, 0.25) is 0 Å². The van der Waals surface area contributed by atoms with Crippen molar-refractivity contribution in [2.45, 2.75) is 5.92 Å². The fraction of sp³-hybridized carbons (Fsp3) is 0.0400. The topological polar surface area (TPSA) is 84.6 Å². The van der Waals surface area contributed by atoms with Crippen LogP contribution in [0.25, 0.3) is 17.3 Å². The third-order valence-corrected chi connectivity index (χ3v) is 5.49. The molecule has 3 aromatic carbocycles. The molecular weight excluding hydrogens is 392 g/mol. The minimum absolute atomic E-state index is 0.390. The largest absolute Gasteiger partial charge is 0.476 e. The monoisotopic (exact) mass is 410 g/mol. The molecule has 0 bridgehead atoms. The Morgan fingerprint density at radius 1 is 0.968 bits per heavy atom. The van der Waals surface area contributed by atoms with Gasteiger partial charge in [0.15, 0.2) is 0 Å². The van der Waals surface area contributed by atoms with E-state index in [9.17, 15) is 15.2 Å². The maximum absolute atomic E-state index is 12.1. The molecule has 152 valence electrons. The molecule has 2 aliphatic heterocycles. The van der Waals surface area contributed by atoms with Crippen molar-refractivity contribution < 1.29 is 14.8 Å². The molecule has 6 heteroatoms. The zero-order valence-electron chi connectivity index (χ0n) is 16.4. The Balaban J connectivity index is 1.87. The predicted octanol–water partition coefficient (Wildman–Crippen LogP) is 5.31. The van der Waals surface area contributed by atoms with E-state index in [0.29, 0.717) is 16.9 Å². The van der Waals surface area contributed by atoms with Crippen molar-refractivity contribution in [3.63, 3.8) is 0 Å². The van der Waals surface area contributed by atoms with E-state index in [2.05, 4.69) is 5.32 Å². The molecule has 0 spiro atoms. The van der Waals surface area contributed by atoms with Crippen molar-refractivity contribution in [1.29, 1.82) is 0 Å². The van der Waals surface area contributed by atoms with Gasteiger partial charge >= 0.3 is 11.6 Å². The molecule has 6 nitrogen and oxygen atoms in total. The quantitative estimate of drug-likeness (QED) is 0.452. The number of ether oxygens (including phenoxy) is 1. The summed E-state index contributed by atoms with van der Waals surface area (Å²) < 4.78 is 5.42. The van der Waals surface area contributed by atoms with Crippen LogP contribution >= 0.6 is 0 Å². The minimum atomic E-state index is -0.843. The molecule has 1 atom stereocenters.